The maximum Gasteiger partial charge on any atom is 0.269 e. The number of oxazole rings is 1. The average molecular weight is 472 g/mol. The minimum absolute atomic E-state index is 0.0350. The van der Waals surface area contributed by atoms with Crippen LogP contribution in [0.3, 0.4) is 0 Å². The fourth-order valence-electron chi connectivity index (χ4n) is 3.55. The first-order valence-electron chi connectivity index (χ1n) is 11.0. The third-order valence-electron chi connectivity index (χ3n) is 5.27. The van der Waals surface area contributed by atoms with Gasteiger partial charge in [-0.3, -0.25) is 9.59 Å². The van der Waals surface area contributed by atoms with Crippen LogP contribution < -0.4 is 16.2 Å². The number of aromatic nitrogens is 3. The molecular formula is C26H25N5O4. The van der Waals surface area contributed by atoms with Crippen LogP contribution in [0, 0.1) is 0 Å². The Morgan fingerprint density at radius 3 is 2.49 bits per heavy atom. The second-order valence-corrected chi connectivity index (χ2v) is 7.82. The number of hydrogen-bond acceptors (Lipinski definition) is 6. The molecule has 2 amide bonds. The molecule has 0 aliphatic heterocycles. The highest BCUT2D eigenvalue weighted by molar-refractivity contribution is 6.03. The number of carbonyl (C=O) groups is 2. The molecule has 0 atom stereocenters. The number of aryl methyl sites for hydroxylation is 2. The summed E-state index contributed by atoms with van der Waals surface area (Å²) in [5.41, 5.74) is 13.4. The third kappa shape index (κ3) is 6.23. The topological polar surface area (TPSA) is 139 Å². The van der Waals surface area contributed by atoms with Crippen molar-refractivity contribution in [1.82, 2.24) is 14.5 Å². The Kier molecular flexibility index (Phi) is 7.37. The highest BCUT2D eigenvalue weighted by Gasteiger charge is 2.19. The van der Waals surface area contributed by atoms with Crippen molar-refractivity contribution in [3.05, 3.63) is 101 Å². The van der Waals surface area contributed by atoms with Gasteiger partial charge in [0.15, 0.2) is 5.69 Å². The Morgan fingerprint density at radius 1 is 1.00 bits per heavy atom. The second kappa shape index (κ2) is 11.0. The van der Waals surface area contributed by atoms with E-state index in [1.807, 2.05) is 66.7 Å². The molecule has 0 saturated carbocycles. The molecule has 9 heteroatoms. The standard InChI is InChI=1S/C26H25N5O4/c27-25(32)23-24(26(28)33)31(17-29-23)14-4-7-19-8-11-21(12-9-19)34-15-20-16-35-22(30-20)13-10-18-5-2-1-3-6-18/h1-3,5-6,8-13,16-17H,4,7,14-15H2,(H2,27,32)(H2,28,33)/b13-10+. The second-order valence-electron chi connectivity index (χ2n) is 7.82. The van der Waals surface area contributed by atoms with Gasteiger partial charge in [0.25, 0.3) is 11.8 Å². The van der Waals surface area contributed by atoms with E-state index in [2.05, 4.69) is 9.97 Å². The van der Waals surface area contributed by atoms with Crippen LogP contribution in [0.2, 0.25) is 0 Å². The van der Waals surface area contributed by atoms with E-state index in [0.29, 0.717) is 31.2 Å². The largest absolute Gasteiger partial charge is 0.487 e. The molecule has 178 valence electrons. The van der Waals surface area contributed by atoms with Crippen LogP contribution >= 0.6 is 0 Å². The molecule has 0 fully saturated rings. The fraction of sp³-hybridized carbons (Fsp3) is 0.154. The smallest absolute Gasteiger partial charge is 0.269 e. The lowest BCUT2D eigenvalue weighted by Gasteiger charge is -2.08. The van der Waals surface area contributed by atoms with Gasteiger partial charge in [-0.25, -0.2) is 9.97 Å². The van der Waals surface area contributed by atoms with Gasteiger partial charge in [-0.2, -0.15) is 0 Å². The summed E-state index contributed by atoms with van der Waals surface area (Å²) in [7, 11) is 0. The van der Waals surface area contributed by atoms with Gasteiger partial charge < -0.3 is 25.2 Å². The van der Waals surface area contributed by atoms with Crippen molar-refractivity contribution in [2.45, 2.75) is 26.0 Å². The van der Waals surface area contributed by atoms with Crippen molar-refractivity contribution >= 4 is 24.0 Å². The van der Waals surface area contributed by atoms with Crippen molar-refractivity contribution in [2.75, 3.05) is 0 Å². The fourth-order valence-corrected chi connectivity index (χ4v) is 3.55. The molecule has 0 radical (unpaired) electrons. The van der Waals surface area contributed by atoms with Crippen LogP contribution in [0.15, 0.2) is 71.6 Å². The zero-order valence-corrected chi connectivity index (χ0v) is 19.0. The summed E-state index contributed by atoms with van der Waals surface area (Å²) >= 11 is 0. The number of hydrogen-bond donors (Lipinski definition) is 2. The molecule has 4 aromatic rings. The van der Waals surface area contributed by atoms with E-state index in [1.165, 1.54) is 6.33 Å². The molecule has 2 aromatic heterocycles. The number of carbonyl (C=O) groups excluding carboxylic acids is 2. The van der Waals surface area contributed by atoms with Crippen molar-refractivity contribution in [3.63, 3.8) is 0 Å². The number of primary amides is 2. The first-order valence-corrected chi connectivity index (χ1v) is 11.0. The van der Waals surface area contributed by atoms with Crippen LogP contribution in [0.5, 0.6) is 5.75 Å². The van der Waals surface area contributed by atoms with Gasteiger partial charge in [0, 0.05) is 12.6 Å². The minimum atomic E-state index is -0.779. The van der Waals surface area contributed by atoms with Gasteiger partial charge in [0.05, 0.1) is 6.33 Å². The molecule has 35 heavy (non-hydrogen) atoms. The van der Waals surface area contributed by atoms with Crippen LogP contribution in [0.25, 0.3) is 12.2 Å². The Morgan fingerprint density at radius 2 is 1.77 bits per heavy atom. The van der Waals surface area contributed by atoms with E-state index in [9.17, 15) is 9.59 Å². The molecule has 0 bridgehead atoms. The molecule has 0 unspecified atom stereocenters. The lowest BCUT2D eigenvalue weighted by Crippen LogP contribution is -2.23. The molecule has 2 heterocycles. The summed E-state index contributed by atoms with van der Waals surface area (Å²) in [5.74, 6) is -0.277. The molecule has 0 aliphatic rings. The molecule has 0 aliphatic carbocycles. The van der Waals surface area contributed by atoms with E-state index in [1.54, 1.807) is 10.8 Å². The summed E-state index contributed by atoms with van der Waals surface area (Å²) in [6.07, 6.45) is 8.21. The summed E-state index contributed by atoms with van der Waals surface area (Å²) in [4.78, 5) is 31.4. The quantitative estimate of drug-likeness (QED) is 0.343. The number of ether oxygens (including phenoxy) is 1. The van der Waals surface area contributed by atoms with E-state index >= 15 is 0 Å². The Bertz CT molecular complexity index is 1320. The highest BCUT2D eigenvalue weighted by Crippen LogP contribution is 2.17. The summed E-state index contributed by atoms with van der Waals surface area (Å²) in [5, 5.41) is 0. The molecule has 0 saturated heterocycles. The summed E-state index contributed by atoms with van der Waals surface area (Å²) in [6, 6.07) is 17.7. The first kappa shape index (κ1) is 23.5. The van der Waals surface area contributed by atoms with Crippen LogP contribution in [-0.2, 0) is 19.6 Å². The monoisotopic (exact) mass is 471 g/mol. The maximum atomic E-state index is 11.7. The van der Waals surface area contributed by atoms with Gasteiger partial charge >= 0.3 is 0 Å². The zero-order valence-electron chi connectivity index (χ0n) is 19.0. The summed E-state index contributed by atoms with van der Waals surface area (Å²) < 4.78 is 12.8. The lowest BCUT2D eigenvalue weighted by atomic mass is 10.1. The lowest BCUT2D eigenvalue weighted by molar-refractivity contribution is 0.0959. The average Bonchev–Trinajstić information content (AvgIpc) is 3.50. The van der Waals surface area contributed by atoms with Gasteiger partial charge in [0.2, 0.25) is 5.89 Å². The Balaban J connectivity index is 1.26. The van der Waals surface area contributed by atoms with Gasteiger partial charge in [-0.15, -0.1) is 0 Å². The van der Waals surface area contributed by atoms with Crippen molar-refractivity contribution in [2.24, 2.45) is 11.5 Å². The van der Waals surface area contributed by atoms with E-state index in [-0.39, 0.29) is 11.4 Å². The van der Waals surface area contributed by atoms with Gasteiger partial charge in [-0.1, -0.05) is 42.5 Å². The number of benzene rings is 2. The van der Waals surface area contributed by atoms with E-state index < -0.39 is 11.8 Å². The first-order chi connectivity index (χ1) is 17.0. The van der Waals surface area contributed by atoms with Crippen LogP contribution in [-0.4, -0.2) is 26.3 Å². The minimum Gasteiger partial charge on any atom is -0.487 e. The van der Waals surface area contributed by atoms with Crippen LogP contribution in [0.1, 0.15) is 50.1 Å². The Labute approximate surface area is 202 Å². The molecule has 0 spiro atoms. The predicted octanol–water partition coefficient (Wildman–Crippen LogP) is 3.45. The molecular weight excluding hydrogens is 446 g/mol. The normalized spacial score (nSPS) is 11.1. The zero-order chi connectivity index (χ0) is 24.6. The third-order valence-corrected chi connectivity index (χ3v) is 5.27. The highest BCUT2D eigenvalue weighted by atomic mass is 16.5. The molecule has 4 rings (SSSR count). The number of imidazole rings is 1. The van der Waals surface area contributed by atoms with Gasteiger partial charge in [-0.05, 0) is 42.2 Å². The van der Waals surface area contributed by atoms with E-state index in [4.69, 9.17) is 20.6 Å². The number of rotatable bonds is 11. The molecule has 2 aromatic carbocycles. The van der Waals surface area contributed by atoms with Crippen molar-refractivity contribution in [3.8, 4) is 5.75 Å². The number of amides is 2. The van der Waals surface area contributed by atoms with Crippen molar-refractivity contribution in [1.29, 1.82) is 0 Å². The maximum absolute atomic E-state index is 11.7. The molecule has 4 N–H and O–H groups in total. The predicted molar refractivity (Wildman–Crippen MR) is 130 cm³/mol. The molecule has 9 nitrogen and oxygen atoms in total. The Hall–Kier alpha value is -4.66. The van der Waals surface area contributed by atoms with Gasteiger partial charge in [0.1, 0.15) is 30.0 Å². The van der Waals surface area contributed by atoms with E-state index in [0.717, 1.165) is 23.3 Å². The number of nitrogens with two attached hydrogens (primary N) is 2. The SMILES string of the molecule is NC(=O)c1ncn(CCCc2ccc(OCc3coc(/C=C/c4ccccc4)n3)cc2)c1C(N)=O. The van der Waals surface area contributed by atoms with Crippen molar-refractivity contribution < 1.29 is 18.7 Å². The number of nitrogens with zero attached hydrogens (tertiary/aromatic N) is 3. The summed E-state index contributed by atoms with van der Waals surface area (Å²) in [6.45, 7) is 0.769. The van der Waals surface area contributed by atoms with Crippen LogP contribution in [0.4, 0.5) is 0 Å².